The number of fused-ring (bicyclic) bond motifs is 1. The van der Waals surface area contributed by atoms with E-state index in [1.54, 1.807) is 19.5 Å². The molecule has 0 amide bonds. The molecule has 0 aliphatic rings. The van der Waals surface area contributed by atoms with E-state index in [2.05, 4.69) is 20.3 Å². The average Bonchev–Trinajstić information content (AvgIpc) is 3.21. The highest BCUT2D eigenvalue weighted by Crippen LogP contribution is 2.23. The zero-order valence-corrected chi connectivity index (χ0v) is 16.4. The molecular weight excluding hydrogens is 380 g/mol. The second kappa shape index (κ2) is 8.50. The molecule has 0 unspecified atom stereocenters. The van der Waals surface area contributed by atoms with Crippen LogP contribution in [0.1, 0.15) is 5.56 Å². The van der Waals surface area contributed by atoms with E-state index in [9.17, 15) is 0 Å². The van der Waals surface area contributed by atoms with Crippen LogP contribution < -0.4 is 26.6 Å². The normalized spacial score (nSPS) is 11.1. The number of hydrazine groups is 1. The molecule has 0 bridgehead atoms. The Hall–Kier alpha value is -4.11. The summed E-state index contributed by atoms with van der Waals surface area (Å²) >= 11 is 0. The van der Waals surface area contributed by atoms with E-state index in [1.165, 1.54) is 17.5 Å². The fourth-order valence-corrected chi connectivity index (χ4v) is 3.03. The number of nitrogens with two attached hydrogens (primary N) is 2. The monoisotopic (exact) mass is 402 g/mol. The molecule has 0 saturated heterocycles. The number of methoxy groups -OCH3 is 1. The Morgan fingerprint density at radius 1 is 1.13 bits per heavy atom. The summed E-state index contributed by atoms with van der Waals surface area (Å²) in [6, 6.07) is 13.5. The highest BCUT2D eigenvalue weighted by atomic mass is 16.5. The Morgan fingerprint density at radius 3 is 2.73 bits per heavy atom. The van der Waals surface area contributed by atoms with Crippen molar-refractivity contribution in [2.75, 3.05) is 17.4 Å². The minimum absolute atomic E-state index is 0.610. The lowest BCUT2D eigenvalue weighted by Gasteiger charge is -2.14. The van der Waals surface area contributed by atoms with Crippen molar-refractivity contribution >= 4 is 17.2 Å². The van der Waals surface area contributed by atoms with Gasteiger partial charge in [0.15, 0.2) is 0 Å². The lowest BCUT2D eigenvalue weighted by atomic mass is 10.2. The van der Waals surface area contributed by atoms with Crippen LogP contribution in [0.25, 0.3) is 17.0 Å². The van der Waals surface area contributed by atoms with Gasteiger partial charge < -0.3 is 15.8 Å². The molecule has 1 aromatic carbocycles. The summed E-state index contributed by atoms with van der Waals surface area (Å²) < 4.78 is 7.22. The quantitative estimate of drug-likeness (QED) is 0.319. The third-order valence-electron chi connectivity index (χ3n) is 4.60. The Morgan fingerprint density at radius 2 is 1.97 bits per heavy atom. The summed E-state index contributed by atoms with van der Waals surface area (Å²) in [7, 11) is 1.63. The first-order chi connectivity index (χ1) is 14.7. The molecule has 0 aliphatic heterocycles. The fraction of sp³-hybridized carbons (Fsp3) is 0.0952. The molecule has 0 saturated carbocycles. The summed E-state index contributed by atoms with van der Waals surface area (Å²) in [4.78, 5) is 13.2. The van der Waals surface area contributed by atoms with Gasteiger partial charge in [0, 0.05) is 37.3 Å². The van der Waals surface area contributed by atoms with Gasteiger partial charge in [0.25, 0.3) is 0 Å². The lowest BCUT2D eigenvalue weighted by molar-refractivity contribution is 0.414. The smallest absolute Gasteiger partial charge is 0.140 e. The molecule has 4 aromatic rings. The van der Waals surface area contributed by atoms with Crippen LogP contribution in [0.3, 0.4) is 0 Å². The number of nitrogens with zero attached hydrogens (tertiary/aromatic N) is 5. The fourth-order valence-electron chi connectivity index (χ4n) is 3.03. The summed E-state index contributed by atoms with van der Waals surface area (Å²) in [5.74, 6) is 7.34. The number of rotatable bonds is 7. The SMILES string of the molecule is COc1ccn2c(-c3cc(NCc4ccc(N(N)/C=C\N)cc4)ncn3)cnc2c1. The van der Waals surface area contributed by atoms with Gasteiger partial charge in [-0.15, -0.1) is 0 Å². The Labute approximate surface area is 173 Å². The van der Waals surface area contributed by atoms with Crippen LogP contribution in [0.15, 0.2) is 73.6 Å². The minimum atomic E-state index is 0.610. The second-order valence-electron chi connectivity index (χ2n) is 6.50. The van der Waals surface area contributed by atoms with Crippen LogP contribution in [0.5, 0.6) is 5.75 Å². The Kier molecular flexibility index (Phi) is 5.44. The molecule has 9 heteroatoms. The highest BCUT2D eigenvalue weighted by molar-refractivity contribution is 5.63. The maximum absolute atomic E-state index is 5.86. The number of ether oxygens (including phenoxy) is 1. The lowest BCUT2D eigenvalue weighted by Crippen LogP contribution is -2.24. The molecule has 3 heterocycles. The van der Waals surface area contributed by atoms with Gasteiger partial charge in [-0.1, -0.05) is 12.1 Å². The Balaban J connectivity index is 1.49. The Bertz CT molecular complexity index is 1170. The maximum atomic E-state index is 5.86. The first kappa shape index (κ1) is 19.2. The standard InChI is InChI=1S/C21H22N8O/c1-30-17-6-8-28-19(13-25-21(28)10-17)18-11-20(27-14-26-18)24-12-15-2-4-16(5-3-15)29(23)9-7-22/h2-11,13-14H,12,22-23H2,1H3,(H,24,26,27)/b9-7-. The number of nitrogens with one attached hydrogen (secondary N) is 1. The van der Waals surface area contributed by atoms with Gasteiger partial charge in [0.05, 0.1) is 30.4 Å². The molecule has 0 aliphatic carbocycles. The van der Waals surface area contributed by atoms with Gasteiger partial charge >= 0.3 is 0 Å². The molecule has 0 spiro atoms. The molecule has 4 rings (SSSR count). The molecule has 0 radical (unpaired) electrons. The number of hydrogen-bond donors (Lipinski definition) is 3. The van der Waals surface area contributed by atoms with E-state index in [1.807, 2.05) is 53.1 Å². The van der Waals surface area contributed by atoms with Gasteiger partial charge in [-0.2, -0.15) is 0 Å². The summed E-state index contributed by atoms with van der Waals surface area (Å²) in [6.45, 7) is 0.610. The average molecular weight is 402 g/mol. The van der Waals surface area contributed by atoms with E-state index in [4.69, 9.17) is 16.3 Å². The molecule has 9 nitrogen and oxygen atoms in total. The minimum Gasteiger partial charge on any atom is -0.497 e. The van der Waals surface area contributed by atoms with Crippen molar-refractivity contribution in [1.29, 1.82) is 0 Å². The number of anilines is 2. The van der Waals surface area contributed by atoms with E-state index in [0.29, 0.717) is 6.54 Å². The third-order valence-corrected chi connectivity index (χ3v) is 4.60. The van der Waals surface area contributed by atoms with Gasteiger partial charge in [-0.25, -0.2) is 20.8 Å². The van der Waals surface area contributed by atoms with Crippen molar-refractivity contribution in [3.63, 3.8) is 0 Å². The molecular formula is C21H22N8O. The number of aromatic nitrogens is 4. The van der Waals surface area contributed by atoms with E-state index < -0.39 is 0 Å². The summed E-state index contributed by atoms with van der Waals surface area (Å²) in [6.07, 6.45) is 8.21. The predicted octanol–water partition coefficient (Wildman–Crippen LogP) is 2.52. The molecule has 5 N–H and O–H groups in total. The number of imidazole rings is 1. The van der Waals surface area contributed by atoms with Crippen molar-refractivity contribution in [3.8, 4) is 17.1 Å². The van der Waals surface area contributed by atoms with Gasteiger partial charge in [0.1, 0.15) is 23.5 Å². The van der Waals surface area contributed by atoms with Crippen LogP contribution in [0.2, 0.25) is 0 Å². The van der Waals surface area contributed by atoms with Crippen molar-refractivity contribution in [2.24, 2.45) is 11.6 Å². The zero-order chi connectivity index (χ0) is 20.9. The van der Waals surface area contributed by atoms with Crippen LogP contribution in [0.4, 0.5) is 11.5 Å². The molecule has 152 valence electrons. The van der Waals surface area contributed by atoms with Crippen molar-refractivity contribution in [2.45, 2.75) is 6.54 Å². The number of hydrogen-bond acceptors (Lipinski definition) is 8. The zero-order valence-electron chi connectivity index (χ0n) is 16.4. The maximum Gasteiger partial charge on any atom is 0.140 e. The van der Waals surface area contributed by atoms with E-state index in [-0.39, 0.29) is 0 Å². The number of benzene rings is 1. The van der Waals surface area contributed by atoms with Crippen LogP contribution in [0, 0.1) is 0 Å². The van der Waals surface area contributed by atoms with Gasteiger partial charge in [0.2, 0.25) is 0 Å². The van der Waals surface area contributed by atoms with Crippen molar-refractivity contribution in [1.82, 2.24) is 19.4 Å². The summed E-state index contributed by atoms with van der Waals surface area (Å²) in [5, 5.41) is 4.78. The first-order valence-electron chi connectivity index (χ1n) is 9.26. The van der Waals surface area contributed by atoms with Gasteiger partial charge in [-0.05, 0) is 23.8 Å². The van der Waals surface area contributed by atoms with Crippen LogP contribution in [-0.2, 0) is 6.54 Å². The van der Waals surface area contributed by atoms with Crippen LogP contribution in [-0.4, -0.2) is 26.5 Å². The first-order valence-corrected chi connectivity index (χ1v) is 9.26. The highest BCUT2D eigenvalue weighted by Gasteiger charge is 2.09. The van der Waals surface area contributed by atoms with Crippen LogP contribution >= 0.6 is 0 Å². The number of pyridine rings is 1. The third kappa shape index (κ3) is 4.01. The second-order valence-corrected chi connectivity index (χ2v) is 6.50. The largest absolute Gasteiger partial charge is 0.497 e. The van der Waals surface area contributed by atoms with Crippen molar-refractivity contribution < 1.29 is 4.74 Å². The predicted molar refractivity (Wildman–Crippen MR) is 117 cm³/mol. The topological polar surface area (TPSA) is 120 Å². The molecule has 0 fully saturated rings. The molecule has 0 atom stereocenters. The molecule has 3 aromatic heterocycles. The molecule has 30 heavy (non-hydrogen) atoms. The van der Waals surface area contributed by atoms with Crippen molar-refractivity contribution in [3.05, 3.63) is 79.1 Å². The summed E-state index contributed by atoms with van der Waals surface area (Å²) in [5.41, 5.74) is 9.73. The van der Waals surface area contributed by atoms with Gasteiger partial charge in [-0.3, -0.25) is 9.41 Å². The van der Waals surface area contributed by atoms with E-state index in [0.717, 1.165) is 39.9 Å². The van der Waals surface area contributed by atoms with E-state index >= 15 is 0 Å².